The Bertz CT molecular complexity index is 921. The molecule has 0 aliphatic rings. The zero-order valence-corrected chi connectivity index (χ0v) is 13.9. The molecule has 0 heterocycles. The van der Waals surface area contributed by atoms with Crippen molar-refractivity contribution in [2.75, 3.05) is 0 Å². The van der Waals surface area contributed by atoms with Crippen LogP contribution >= 0.6 is 0 Å². The molecule has 0 atom stereocenters. The molecular formula is C24H20. The Hall–Kier alpha value is -2.86. The zero-order chi connectivity index (χ0) is 16.4. The van der Waals surface area contributed by atoms with Gasteiger partial charge in [-0.3, -0.25) is 0 Å². The fourth-order valence-electron chi connectivity index (χ4n) is 3.49. The maximum absolute atomic E-state index is 2.28. The first kappa shape index (κ1) is 14.7. The van der Waals surface area contributed by atoms with Gasteiger partial charge >= 0.3 is 0 Å². The fraction of sp³-hybridized carbons (Fsp3) is 0.0833. The van der Waals surface area contributed by atoms with E-state index in [0.717, 1.165) is 6.42 Å². The summed E-state index contributed by atoms with van der Waals surface area (Å²) >= 11 is 0. The van der Waals surface area contributed by atoms with Gasteiger partial charge in [0.2, 0.25) is 0 Å². The normalized spacial score (nSPS) is 10.9. The van der Waals surface area contributed by atoms with Crippen LogP contribution in [0.25, 0.3) is 33.0 Å². The molecule has 24 heavy (non-hydrogen) atoms. The van der Waals surface area contributed by atoms with Gasteiger partial charge in [-0.05, 0) is 45.0 Å². The van der Waals surface area contributed by atoms with E-state index in [1.807, 2.05) is 0 Å². The molecule has 4 aromatic rings. The first-order valence-corrected chi connectivity index (χ1v) is 8.54. The molecule has 116 valence electrons. The van der Waals surface area contributed by atoms with Crippen LogP contribution in [0.3, 0.4) is 0 Å². The predicted molar refractivity (Wildman–Crippen MR) is 104 cm³/mol. The van der Waals surface area contributed by atoms with Gasteiger partial charge in [-0.2, -0.15) is 0 Å². The van der Waals surface area contributed by atoms with E-state index < -0.39 is 0 Å². The van der Waals surface area contributed by atoms with Crippen molar-refractivity contribution >= 4 is 10.8 Å². The van der Waals surface area contributed by atoms with Gasteiger partial charge < -0.3 is 0 Å². The molecule has 0 saturated carbocycles. The van der Waals surface area contributed by atoms with E-state index in [4.69, 9.17) is 0 Å². The van der Waals surface area contributed by atoms with Gasteiger partial charge in [-0.1, -0.05) is 97.9 Å². The van der Waals surface area contributed by atoms with Crippen LogP contribution in [0, 0.1) is 0 Å². The van der Waals surface area contributed by atoms with E-state index in [-0.39, 0.29) is 0 Å². The van der Waals surface area contributed by atoms with Crippen molar-refractivity contribution in [1.29, 1.82) is 0 Å². The van der Waals surface area contributed by atoms with Gasteiger partial charge in [0.05, 0.1) is 0 Å². The first-order chi connectivity index (χ1) is 11.9. The lowest BCUT2D eigenvalue weighted by Gasteiger charge is -2.15. The monoisotopic (exact) mass is 308 g/mol. The minimum atomic E-state index is 1.05. The van der Waals surface area contributed by atoms with Crippen LogP contribution in [0.2, 0.25) is 0 Å². The summed E-state index contributed by atoms with van der Waals surface area (Å²) in [6.07, 6.45) is 1.05. The second-order valence-electron chi connectivity index (χ2n) is 6.09. The van der Waals surface area contributed by atoms with Crippen LogP contribution in [0.15, 0.2) is 91.0 Å². The van der Waals surface area contributed by atoms with Crippen molar-refractivity contribution in [1.82, 2.24) is 0 Å². The molecule has 4 aromatic carbocycles. The predicted octanol–water partition coefficient (Wildman–Crippen LogP) is 6.74. The van der Waals surface area contributed by atoms with Gasteiger partial charge in [0.15, 0.2) is 0 Å². The third-order valence-corrected chi connectivity index (χ3v) is 4.68. The van der Waals surface area contributed by atoms with Gasteiger partial charge in [0, 0.05) is 0 Å². The third-order valence-electron chi connectivity index (χ3n) is 4.68. The molecule has 0 N–H and O–H groups in total. The number of hydrogen-bond donors (Lipinski definition) is 0. The van der Waals surface area contributed by atoms with Crippen LogP contribution in [-0.4, -0.2) is 0 Å². The number of rotatable bonds is 3. The van der Waals surface area contributed by atoms with Crippen molar-refractivity contribution in [3.8, 4) is 22.3 Å². The van der Waals surface area contributed by atoms with E-state index >= 15 is 0 Å². The minimum absolute atomic E-state index is 1.05. The lowest BCUT2D eigenvalue weighted by Crippen LogP contribution is -1.90. The molecule has 0 unspecified atom stereocenters. The second kappa shape index (κ2) is 6.33. The summed E-state index contributed by atoms with van der Waals surface area (Å²) in [5.41, 5.74) is 6.56. The molecular weight excluding hydrogens is 288 g/mol. The summed E-state index contributed by atoms with van der Waals surface area (Å²) in [4.78, 5) is 0. The van der Waals surface area contributed by atoms with E-state index in [1.54, 1.807) is 0 Å². The maximum Gasteiger partial charge on any atom is -0.00241 e. The molecule has 0 amide bonds. The number of fused-ring (bicyclic) bond motifs is 1. The summed E-state index contributed by atoms with van der Waals surface area (Å²) in [6.45, 7) is 2.23. The SMILES string of the molecule is CCc1ccc(-c2ccccc2)c2c(-c3ccccc3)cccc12. The molecule has 0 radical (unpaired) electrons. The summed E-state index contributed by atoms with van der Waals surface area (Å²) < 4.78 is 0. The zero-order valence-electron chi connectivity index (χ0n) is 13.9. The highest BCUT2D eigenvalue weighted by Gasteiger charge is 2.12. The van der Waals surface area contributed by atoms with Gasteiger partial charge in [-0.25, -0.2) is 0 Å². The standard InChI is InChI=1S/C24H20/c1-2-18-16-17-23(20-12-7-4-8-13-20)24-21(18)14-9-15-22(24)19-10-5-3-6-11-19/h3-17H,2H2,1H3. The Morgan fingerprint density at radius 2 is 1.12 bits per heavy atom. The number of aryl methyl sites for hydroxylation is 1. The van der Waals surface area contributed by atoms with Crippen LogP contribution in [0.1, 0.15) is 12.5 Å². The minimum Gasteiger partial charge on any atom is -0.0622 e. The first-order valence-electron chi connectivity index (χ1n) is 8.54. The second-order valence-corrected chi connectivity index (χ2v) is 6.09. The molecule has 0 aromatic heterocycles. The Balaban J connectivity index is 2.11. The smallest absolute Gasteiger partial charge is 0.00241 e. The Morgan fingerprint density at radius 3 is 1.71 bits per heavy atom. The molecule has 0 bridgehead atoms. The topological polar surface area (TPSA) is 0 Å². The van der Waals surface area contributed by atoms with E-state index in [9.17, 15) is 0 Å². The highest BCUT2D eigenvalue weighted by Crippen LogP contribution is 2.38. The van der Waals surface area contributed by atoms with Crippen LogP contribution in [0.5, 0.6) is 0 Å². The summed E-state index contributed by atoms with van der Waals surface area (Å²) in [6, 6.07) is 32.6. The van der Waals surface area contributed by atoms with Crippen molar-refractivity contribution < 1.29 is 0 Å². The largest absolute Gasteiger partial charge is 0.0622 e. The number of benzene rings is 4. The van der Waals surface area contributed by atoms with Crippen LogP contribution in [0.4, 0.5) is 0 Å². The average Bonchev–Trinajstić information content (AvgIpc) is 2.68. The average molecular weight is 308 g/mol. The van der Waals surface area contributed by atoms with E-state index in [2.05, 4.69) is 97.9 Å². The molecule has 0 saturated heterocycles. The third kappa shape index (κ3) is 2.51. The highest BCUT2D eigenvalue weighted by atomic mass is 14.2. The van der Waals surface area contributed by atoms with Gasteiger partial charge in [0.25, 0.3) is 0 Å². The Morgan fingerprint density at radius 1 is 0.542 bits per heavy atom. The van der Waals surface area contributed by atoms with Crippen molar-refractivity contribution in [3.63, 3.8) is 0 Å². The fourth-order valence-corrected chi connectivity index (χ4v) is 3.49. The Labute approximate surface area is 143 Å². The molecule has 0 nitrogen and oxygen atoms in total. The molecule has 0 fully saturated rings. The maximum atomic E-state index is 2.28. The van der Waals surface area contributed by atoms with Gasteiger partial charge in [0.1, 0.15) is 0 Å². The summed E-state index contributed by atoms with van der Waals surface area (Å²) in [5, 5.41) is 2.72. The van der Waals surface area contributed by atoms with Gasteiger partial charge in [-0.15, -0.1) is 0 Å². The quantitative estimate of drug-likeness (QED) is 0.393. The molecule has 0 aliphatic carbocycles. The highest BCUT2D eigenvalue weighted by molar-refractivity contribution is 6.07. The molecule has 0 spiro atoms. The van der Waals surface area contributed by atoms with Crippen LogP contribution < -0.4 is 0 Å². The summed E-state index contributed by atoms with van der Waals surface area (Å²) in [7, 11) is 0. The van der Waals surface area contributed by atoms with Crippen molar-refractivity contribution in [2.45, 2.75) is 13.3 Å². The molecule has 0 aliphatic heterocycles. The molecule has 0 heteroatoms. The lowest BCUT2D eigenvalue weighted by molar-refractivity contribution is 1.16. The Kier molecular flexibility index (Phi) is 3.88. The van der Waals surface area contributed by atoms with E-state index in [0.29, 0.717) is 0 Å². The number of hydrogen-bond acceptors (Lipinski definition) is 0. The van der Waals surface area contributed by atoms with E-state index in [1.165, 1.54) is 38.6 Å². The van der Waals surface area contributed by atoms with Crippen molar-refractivity contribution in [2.24, 2.45) is 0 Å². The lowest BCUT2D eigenvalue weighted by atomic mass is 9.89. The van der Waals surface area contributed by atoms with Crippen LogP contribution in [-0.2, 0) is 6.42 Å². The van der Waals surface area contributed by atoms with Crippen molar-refractivity contribution in [3.05, 3.63) is 96.6 Å². The summed E-state index contributed by atoms with van der Waals surface area (Å²) in [5.74, 6) is 0. The molecule has 4 rings (SSSR count).